The van der Waals surface area contributed by atoms with Crippen molar-refractivity contribution in [1.82, 2.24) is 24.6 Å². The van der Waals surface area contributed by atoms with E-state index in [0.29, 0.717) is 19.1 Å². The molecule has 0 aliphatic carbocycles. The van der Waals surface area contributed by atoms with Crippen molar-refractivity contribution in [3.05, 3.63) is 57.9 Å². The molecule has 3 aromatic rings. The van der Waals surface area contributed by atoms with Crippen molar-refractivity contribution in [3.63, 3.8) is 0 Å². The van der Waals surface area contributed by atoms with E-state index in [1.165, 1.54) is 0 Å². The Morgan fingerprint density at radius 1 is 1.25 bits per heavy atom. The van der Waals surface area contributed by atoms with Crippen LogP contribution < -0.4 is 5.56 Å². The van der Waals surface area contributed by atoms with Gasteiger partial charge in [0.1, 0.15) is 12.2 Å². The second kappa shape index (κ2) is 6.57. The maximum atomic E-state index is 12.3. The first-order valence-corrected chi connectivity index (χ1v) is 8.13. The molecule has 0 aliphatic rings. The fourth-order valence-corrected chi connectivity index (χ4v) is 2.88. The van der Waals surface area contributed by atoms with Crippen LogP contribution in [-0.4, -0.2) is 31.7 Å². The Morgan fingerprint density at radius 2 is 2.04 bits per heavy atom. The van der Waals surface area contributed by atoms with E-state index in [1.807, 2.05) is 36.7 Å². The molecular weight excluding hydrogens is 302 g/mol. The Balaban J connectivity index is 1.81. The number of aromatic amines is 1. The van der Waals surface area contributed by atoms with Crippen molar-refractivity contribution < 1.29 is 0 Å². The lowest BCUT2D eigenvalue weighted by Crippen LogP contribution is -2.25. The molecule has 1 N–H and O–H groups in total. The summed E-state index contributed by atoms with van der Waals surface area (Å²) in [5, 5.41) is 9.22. The summed E-state index contributed by atoms with van der Waals surface area (Å²) in [4.78, 5) is 17.4. The van der Waals surface area contributed by atoms with Gasteiger partial charge in [-0.2, -0.15) is 0 Å². The summed E-state index contributed by atoms with van der Waals surface area (Å²) < 4.78 is 2.05. The lowest BCUT2D eigenvalue weighted by Gasteiger charge is -2.18. The number of nitrogens with zero attached hydrogens (tertiary/aromatic N) is 4. The van der Waals surface area contributed by atoms with Gasteiger partial charge in [0.15, 0.2) is 0 Å². The highest BCUT2D eigenvalue weighted by Crippen LogP contribution is 2.14. The molecule has 0 aliphatic heterocycles. The van der Waals surface area contributed by atoms with E-state index in [0.717, 1.165) is 27.9 Å². The van der Waals surface area contributed by atoms with Crippen LogP contribution in [0.25, 0.3) is 10.9 Å². The molecule has 0 saturated heterocycles. The summed E-state index contributed by atoms with van der Waals surface area (Å²) in [5.41, 5.74) is 2.73. The van der Waals surface area contributed by atoms with Gasteiger partial charge in [0.2, 0.25) is 0 Å². The molecule has 0 radical (unpaired) electrons. The quantitative estimate of drug-likeness (QED) is 0.783. The van der Waals surface area contributed by atoms with Crippen LogP contribution in [0.3, 0.4) is 0 Å². The molecule has 126 valence electrons. The summed E-state index contributed by atoms with van der Waals surface area (Å²) in [6, 6.07) is 8.38. The highest BCUT2D eigenvalue weighted by Gasteiger charge is 2.12. The van der Waals surface area contributed by atoms with Crippen molar-refractivity contribution in [2.45, 2.75) is 39.9 Å². The van der Waals surface area contributed by atoms with Gasteiger partial charge in [0, 0.05) is 23.7 Å². The van der Waals surface area contributed by atoms with E-state index in [4.69, 9.17) is 0 Å². The Hall–Kier alpha value is -2.47. The van der Waals surface area contributed by atoms with Gasteiger partial charge in [0.05, 0.1) is 6.54 Å². The molecule has 2 heterocycles. The van der Waals surface area contributed by atoms with E-state index in [1.54, 1.807) is 6.33 Å². The number of nitrogens with one attached hydrogen (secondary N) is 1. The average molecular weight is 325 g/mol. The minimum atomic E-state index is -0.0368. The summed E-state index contributed by atoms with van der Waals surface area (Å²) in [7, 11) is 1.98. The molecule has 0 fully saturated rings. The van der Waals surface area contributed by atoms with Crippen LogP contribution in [-0.2, 0) is 13.1 Å². The summed E-state index contributed by atoms with van der Waals surface area (Å²) in [6.45, 7) is 7.42. The molecule has 0 bridgehead atoms. The third-order valence-corrected chi connectivity index (χ3v) is 4.13. The summed E-state index contributed by atoms with van der Waals surface area (Å²) in [6.07, 6.45) is 1.75. The maximum Gasteiger partial charge on any atom is 0.252 e. The molecule has 6 nitrogen and oxygen atoms in total. The normalized spacial score (nSPS) is 11.8. The summed E-state index contributed by atoms with van der Waals surface area (Å²) >= 11 is 0. The molecule has 2 aromatic heterocycles. The molecular formula is C18H23N5O. The lowest BCUT2D eigenvalue weighted by atomic mass is 10.1. The van der Waals surface area contributed by atoms with Gasteiger partial charge in [-0.25, -0.2) is 0 Å². The third-order valence-electron chi connectivity index (χ3n) is 4.13. The van der Waals surface area contributed by atoms with Crippen molar-refractivity contribution in [2.75, 3.05) is 7.05 Å². The van der Waals surface area contributed by atoms with Gasteiger partial charge in [-0.1, -0.05) is 12.1 Å². The number of hydrogen-bond acceptors (Lipinski definition) is 4. The van der Waals surface area contributed by atoms with E-state index < -0.39 is 0 Å². The van der Waals surface area contributed by atoms with Crippen LogP contribution in [0.15, 0.2) is 35.4 Å². The molecule has 0 unspecified atom stereocenters. The minimum Gasteiger partial charge on any atom is -0.322 e. The van der Waals surface area contributed by atoms with Gasteiger partial charge >= 0.3 is 0 Å². The van der Waals surface area contributed by atoms with Gasteiger partial charge in [-0.3, -0.25) is 9.69 Å². The molecule has 6 heteroatoms. The zero-order valence-corrected chi connectivity index (χ0v) is 14.6. The SMILES string of the molecule is Cc1ccc2cc(CN(C)Cc3nncn3C(C)C)c(=O)[nH]c2c1. The molecule has 0 amide bonds. The van der Waals surface area contributed by atoms with Crippen molar-refractivity contribution >= 4 is 10.9 Å². The van der Waals surface area contributed by atoms with Crippen LogP contribution in [0.5, 0.6) is 0 Å². The molecule has 0 saturated carbocycles. The minimum absolute atomic E-state index is 0.0368. The highest BCUT2D eigenvalue weighted by molar-refractivity contribution is 5.79. The molecule has 0 atom stereocenters. The Morgan fingerprint density at radius 3 is 2.79 bits per heavy atom. The summed E-state index contributed by atoms with van der Waals surface area (Å²) in [5.74, 6) is 0.903. The lowest BCUT2D eigenvalue weighted by molar-refractivity contribution is 0.301. The van der Waals surface area contributed by atoms with E-state index >= 15 is 0 Å². The van der Waals surface area contributed by atoms with Gasteiger partial charge in [0.25, 0.3) is 5.56 Å². The number of hydrogen-bond donors (Lipinski definition) is 1. The van der Waals surface area contributed by atoms with Crippen LogP contribution in [0.4, 0.5) is 0 Å². The third kappa shape index (κ3) is 3.38. The fraction of sp³-hybridized carbons (Fsp3) is 0.389. The first-order chi connectivity index (χ1) is 11.4. The molecule has 1 aromatic carbocycles. The second-order valence-corrected chi connectivity index (χ2v) is 6.63. The predicted octanol–water partition coefficient (Wildman–Crippen LogP) is 2.64. The largest absolute Gasteiger partial charge is 0.322 e. The van der Waals surface area contributed by atoms with Crippen LogP contribution in [0.1, 0.15) is 36.8 Å². The molecule has 24 heavy (non-hydrogen) atoms. The topological polar surface area (TPSA) is 66.8 Å². The maximum absolute atomic E-state index is 12.3. The smallest absolute Gasteiger partial charge is 0.252 e. The Kier molecular flexibility index (Phi) is 4.49. The van der Waals surface area contributed by atoms with E-state index in [-0.39, 0.29) is 5.56 Å². The highest BCUT2D eigenvalue weighted by atomic mass is 16.1. The standard InChI is InChI=1S/C18H23N5O/c1-12(2)23-11-19-21-17(23)10-22(4)9-15-8-14-6-5-13(3)7-16(14)20-18(15)24/h5-8,11-12H,9-10H2,1-4H3,(H,20,24). The fourth-order valence-electron chi connectivity index (χ4n) is 2.88. The molecule has 3 rings (SSSR count). The Bertz CT molecular complexity index is 909. The number of rotatable bonds is 5. The number of pyridine rings is 1. The number of aromatic nitrogens is 4. The first kappa shape index (κ1) is 16.4. The Labute approximate surface area is 141 Å². The predicted molar refractivity (Wildman–Crippen MR) is 94.9 cm³/mol. The van der Waals surface area contributed by atoms with Crippen molar-refractivity contribution in [1.29, 1.82) is 0 Å². The zero-order chi connectivity index (χ0) is 17.3. The number of H-pyrrole nitrogens is 1. The number of aryl methyl sites for hydroxylation is 1. The van der Waals surface area contributed by atoms with E-state index in [2.05, 4.69) is 40.0 Å². The van der Waals surface area contributed by atoms with E-state index in [9.17, 15) is 4.79 Å². The second-order valence-electron chi connectivity index (χ2n) is 6.63. The van der Waals surface area contributed by atoms with Crippen LogP contribution in [0.2, 0.25) is 0 Å². The van der Waals surface area contributed by atoms with Crippen LogP contribution >= 0.6 is 0 Å². The van der Waals surface area contributed by atoms with Gasteiger partial charge < -0.3 is 9.55 Å². The van der Waals surface area contributed by atoms with Crippen molar-refractivity contribution in [2.24, 2.45) is 0 Å². The van der Waals surface area contributed by atoms with Gasteiger partial charge in [-0.15, -0.1) is 10.2 Å². The molecule has 0 spiro atoms. The number of fused-ring (bicyclic) bond motifs is 1. The monoisotopic (exact) mass is 325 g/mol. The average Bonchev–Trinajstić information content (AvgIpc) is 2.96. The number of benzene rings is 1. The zero-order valence-electron chi connectivity index (χ0n) is 14.6. The first-order valence-electron chi connectivity index (χ1n) is 8.13. The van der Waals surface area contributed by atoms with Crippen LogP contribution in [0, 0.1) is 6.92 Å². The van der Waals surface area contributed by atoms with Crippen molar-refractivity contribution in [3.8, 4) is 0 Å². The van der Waals surface area contributed by atoms with Gasteiger partial charge in [-0.05, 0) is 50.9 Å².